The maximum absolute atomic E-state index is 2.39. The molecule has 0 atom stereocenters. The van der Waals surface area contributed by atoms with E-state index in [2.05, 4.69) is 38.1 Å². The molecule has 68 valence electrons. The van der Waals surface area contributed by atoms with Gasteiger partial charge in [0.25, 0.3) is 0 Å². The average Bonchev–Trinajstić information content (AvgIpc) is 2.16. The lowest BCUT2D eigenvalue weighted by Gasteiger charge is -2.17. The molecule has 0 fully saturated rings. The molecule has 13 heavy (non-hydrogen) atoms. The van der Waals surface area contributed by atoms with Crippen molar-refractivity contribution in [3.8, 4) is 0 Å². The third-order valence-electron chi connectivity index (χ3n) is 2.79. The molecule has 1 aromatic carbocycles. The van der Waals surface area contributed by atoms with Crippen molar-refractivity contribution in [1.29, 1.82) is 0 Å². The highest BCUT2D eigenvalue weighted by atomic mass is 14.1. The van der Waals surface area contributed by atoms with E-state index in [1.54, 1.807) is 5.56 Å². The lowest BCUT2D eigenvalue weighted by molar-refractivity contribution is 0.960. The molecule has 1 aromatic rings. The number of hydrogen-bond acceptors (Lipinski definition) is 0. The van der Waals surface area contributed by atoms with Gasteiger partial charge >= 0.3 is 0 Å². The minimum absolute atomic E-state index is 1.16. The molecule has 1 aliphatic rings. The fourth-order valence-corrected chi connectivity index (χ4v) is 2.09. The third kappa shape index (κ3) is 1.53. The summed E-state index contributed by atoms with van der Waals surface area (Å²) in [6.45, 7) is 4.41. The van der Waals surface area contributed by atoms with Crippen molar-refractivity contribution < 1.29 is 0 Å². The van der Waals surface area contributed by atoms with Crippen molar-refractivity contribution in [2.24, 2.45) is 0 Å². The van der Waals surface area contributed by atoms with Gasteiger partial charge in [0.2, 0.25) is 0 Å². The van der Waals surface area contributed by atoms with Crippen molar-refractivity contribution in [2.45, 2.75) is 33.1 Å². The van der Waals surface area contributed by atoms with Crippen molar-refractivity contribution in [3.05, 3.63) is 41.0 Å². The summed E-state index contributed by atoms with van der Waals surface area (Å²) in [7, 11) is 0. The summed E-state index contributed by atoms with van der Waals surface area (Å²) in [6.07, 6.45) is 5.99. The summed E-state index contributed by atoms with van der Waals surface area (Å²) in [5.41, 5.74) is 5.94. The molecule has 0 nitrogen and oxygen atoms in total. The maximum atomic E-state index is 2.39. The van der Waals surface area contributed by atoms with Gasteiger partial charge in [0.05, 0.1) is 0 Å². The van der Waals surface area contributed by atoms with Gasteiger partial charge in [0.15, 0.2) is 0 Å². The number of allylic oxidation sites excluding steroid dienone is 2. The van der Waals surface area contributed by atoms with Gasteiger partial charge in [-0.2, -0.15) is 0 Å². The van der Waals surface area contributed by atoms with Crippen LogP contribution in [0.15, 0.2) is 24.3 Å². The number of hydrogen-bond donors (Lipinski definition) is 0. The summed E-state index contributed by atoms with van der Waals surface area (Å²) in [6, 6.07) is 6.82. The fourth-order valence-electron chi connectivity index (χ4n) is 2.09. The van der Waals surface area contributed by atoms with Crippen LogP contribution < -0.4 is 0 Å². The van der Waals surface area contributed by atoms with E-state index in [1.165, 1.54) is 29.5 Å². The molecule has 0 bridgehead atoms. The van der Waals surface area contributed by atoms with Crippen LogP contribution in [0.25, 0.3) is 5.57 Å². The number of rotatable bonds is 1. The fraction of sp³-hybridized carbons (Fsp3) is 0.385. The molecule has 0 amide bonds. The molecule has 0 aromatic heterocycles. The molecule has 0 N–H and O–H groups in total. The molecule has 0 saturated heterocycles. The molecule has 0 heterocycles. The van der Waals surface area contributed by atoms with E-state index in [4.69, 9.17) is 0 Å². The Hall–Kier alpha value is -1.04. The van der Waals surface area contributed by atoms with Crippen molar-refractivity contribution >= 4 is 5.57 Å². The van der Waals surface area contributed by atoms with Gasteiger partial charge in [0.1, 0.15) is 0 Å². The zero-order valence-electron chi connectivity index (χ0n) is 8.43. The SMILES string of the molecule is CCC1=CCCc2cc(C)ccc21. The predicted molar refractivity (Wildman–Crippen MR) is 57.8 cm³/mol. The van der Waals surface area contributed by atoms with E-state index in [1.807, 2.05) is 0 Å². The molecule has 2 rings (SSSR count). The Bertz CT molecular complexity index is 345. The highest BCUT2D eigenvalue weighted by Crippen LogP contribution is 2.28. The Morgan fingerprint density at radius 3 is 2.92 bits per heavy atom. The van der Waals surface area contributed by atoms with Crippen molar-refractivity contribution in [1.82, 2.24) is 0 Å². The van der Waals surface area contributed by atoms with Crippen LogP contribution in [0.3, 0.4) is 0 Å². The van der Waals surface area contributed by atoms with Crippen LogP contribution in [0.1, 0.15) is 36.5 Å². The average molecular weight is 172 g/mol. The van der Waals surface area contributed by atoms with Gasteiger partial charge in [-0.05, 0) is 42.9 Å². The molecule has 0 spiro atoms. The van der Waals surface area contributed by atoms with E-state index in [0.717, 1.165) is 6.42 Å². The summed E-state index contributed by atoms with van der Waals surface area (Å²) in [5.74, 6) is 0. The summed E-state index contributed by atoms with van der Waals surface area (Å²) < 4.78 is 0. The minimum Gasteiger partial charge on any atom is -0.0804 e. The first-order valence-corrected chi connectivity index (χ1v) is 5.10. The van der Waals surface area contributed by atoms with E-state index in [0.29, 0.717) is 0 Å². The smallest absolute Gasteiger partial charge is 0.0195 e. The highest BCUT2D eigenvalue weighted by molar-refractivity contribution is 5.70. The van der Waals surface area contributed by atoms with Crippen molar-refractivity contribution in [2.75, 3.05) is 0 Å². The van der Waals surface area contributed by atoms with Crippen LogP contribution in [0.5, 0.6) is 0 Å². The van der Waals surface area contributed by atoms with Gasteiger partial charge in [-0.25, -0.2) is 0 Å². The normalized spacial score (nSPS) is 15.1. The van der Waals surface area contributed by atoms with Crippen LogP contribution in [0.2, 0.25) is 0 Å². The van der Waals surface area contributed by atoms with Gasteiger partial charge in [0, 0.05) is 0 Å². The summed E-state index contributed by atoms with van der Waals surface area (Å²) >= 11 is 0. The van der Waals surface area contributed by atoms with Crippen LogP contribution in [0.4, 0.5) is 0 Å². The van der Waals surface area contributed by atoms with E-state index in [-0.39, 0.29) is 0 Å². The molecule has 0 heteroatoms. The second-order valence-corrected chi connectivity index (χ2v) is 3.78. The monoisotopic (exact) mass is 172 g/mol. The second kappa shape index (κ2) is 3.37. The minimum atomic E-state index is 1.16. The largest absolute Gasteiger partial charge is 0.0804 e. The second-order valence-electron chi connectivity index (χ2n) is 3.78. The Balaban J connectivity index is 2.49. The Morgan fingerprint density at radius 2 is 2.15 bits per heavy atom. The quantitative estimate of drug-likeness (QED) is 0.605. The lowest BCUT2D eigenvalue weighted by atomic mass is 9.88. The van der Waals surface area contributed by atoms with Crippen LogP contribution >= 0.6 is 0 Å². The van der Waals surface area contributed by atoms with Crippen LogP contribution in [0, 0.1) is 6.92 Å². The van der Waals surface area contributed by atoms with Gasteiger partial charge in [-0.1, -0.05) is 36.8 Å². The molecular weight excluding hydrogens is 156 g/mol. The summed E-state index contributed by atoms with van der Waals surface area (Å²) in [4.78, 5) is 0. The first-order valence-electron chi connectivity index (χ1n) is 5.10. The Morgan fingerprint density at radius 1 is 1.31 bits per heavy atom. The first kappa shape index (κ1) is 8.55. The zero-order valence-corrected chi connectivity index (χ0v) is 8.43. The molecular formula is C13H16. The lowest BCUT2D eigenvalue weighted by Crippen LogP contribution is -1.99. The topological polar surface area (TPSA) is 0 Å². The van der Waals surface area contributed by atoms with E-state index in [9.17, 15) is 0 Å². The van der Waals surface area contributed by atoms with Crippen molar-refractivity contribution in [3.63, 3.8) is 0 Å². The molecule has 1 aliphatic carbocycles. The standard InChI is InChI=1S/C13H16/c1-3-11-5-4-6-12-9-10(2)7-8-13(11)12/h5,7-9H,3-4,6H2,1-2H3. The highest BCUT2D eigenvalue weighted by Gasteiger charge is 2.10. The summed E-state index contributed by atoms with van der Waals surface area (Å²) in [5, 5.41) is 0. The van der Waals surface area contributed by atoms with Crippen LogP contribution in [-0.2, 0) is 6.42 Å². The third-order valence-corrected chi connectivity index (χ3v) is 2.79. The molecule has 0 unspecified atom stereocenters. The molecule has 0 aliphatic heterocycles. The first-order chi connectivity index (χ1) is 6.31. The zero-order chi connectivity index (χ0) is 9.26. The van der Waals surface area contributed by atoms with Crippen LogP contribution in [-0.4, -0.2) is 0 Å². The van der Waals surface area contributed by atoms with E-state index >= 15 is 0 Å². The maximum Gasteiger partial charge on any atom is -0.0195 e. The van der Waals surface area contributed by atoms with E-state index < -0.39 is 0 Å². The number of fused-ring (bicyclic) bond motifs is 1. The van der Waals surface area contributed by atoms with Gasteiger partial charge < -0.3 is 0 Å². The predicted octanol–water partition coefficient (Wildman–Crippen LogP) is 3.73. The molecule has 0 saturated carbocycles. The molecule has 0 radical (unpaired) electrons. The number of aryl methyl sites for hydroxylation is 2. The Labute approximate surface area is 80.3 Å². The van der Waals surface area contributed by atoms with Gasteiger partial charge in [-0.15, -0.1) is 0 Å². The Kier molecular flexibility index (Phi) is 2.22. The van der Waals surface area contributed by atoms with Gasteiger partial charge in [-0.3, -0.25) is 0 Å². The number of benzene rings is 1.